The summed E-state index contributed by atoms with van der Waals surface area (Å²) in [6.45, 7) is 5.33. The molecule has 6 heteroatoms. The summed E-state index contributed by atoms with van der Waals surface area (Å²) >= 11 is 0. The summed E-state index contributed by atoms with van der Waals surface area (Å²) in [5, 5.41) is 22.4. The molecule has 0 aromatic rings. The van der Waals surface area contributed by atoms with Crippen LogP contribution >= 0.6 is 0 Å². The van der Waals surface area contributed by atoms with Crippen molar-refractivity contribution in [2.75, 3.05) is 0 Å². The van der Waals surface area contributed by atoms with Crippen LogP contribution in [0.5, 0.6) is 0 Å². The third-order valence-electron chi connectivity index (χ3n) is 3.89. The number of carboxylic acids is 2. The summed E-state index contributed by atoms with van der Waals surface area (Å²) in [6, 6.07) is 0. The van der Waals surface area contributed by atoms with Crippen molar-refractivity contribution in [2.45, 2.75) is 72.1 Å². The van der Waals surface area contributed by atoms with Gasteiger partial charge in [-0.25, -0.2) is 0 Å². The van der Waals surface area contributed by atoms with Crippen LogP contribution < -0.4 is 47.9 Å². The second-order valence-corrected chi connectivity index (χ2v) is 5.57. The zero-order valence-electron chi connectivity index (χ0n) is 14.4. The zero-order chi connectivity index (χ0) is 14.9. The van der Waals surface area contributed by atoms with Gasteiger partial charge in [0.1, 0.15) is 0 Å². The quantitative estimate of drug-likeness (QED) is 0.217. The fraction of sp³-hybridized carbons (Fsp3) is 0.867. The van der Waals surface area contributed by atoms with Crippen LogP contribution in [0.2, 0.25) is 0 Å². The number of unbranched alkanes of at least 4 members (excludes halogenated alkanes) is 6. The van der Waals surface area contributed by atoms with Crippen molar-refractivity contribution in [1.82, 2.24) is 0 Å². The molecule has 0 rings (SSSR count). The van der Waals surface area contributed by atoms with Gasteiger partial charge in [0.15, 0.2) is 0 Å². The molecule has 0 aromatic heterocycles. The number of hydrogen-bond donors (Lipinski definition) is 0. The molecular formula is C15H26Li2O4. The smallest absolute Gasteiger partial charge is 0.549 e. The number of aliphatic carboxylic acids is 2. The fourth-order valence-corrected chi connectivity index (χ4v) is 2.41. The Bertz CT molecular complexity index is 279. The average Bonchev–Trinajstić information content (AvgIpc) is 2.31. The number of hydrogen-bond acceptors (Lipinski definition) is 4. The Balaban J connectivity index is -0.00000162. The van der Waals surface area contributed by atoms with Crippen LogP contribution in [0, 0.1) is 11.3 Å². The van der Waals surface area contributed by atoms with E-state index in [1.54, 1.807) is 13.8 Å². The first kappa shape index (κ1) is 26.1. The maximum Gasteiger partial charge on any atom is 1.00 e. The largest absolute Gasteiger partial charge is 1.00 e. The molecule has 0 bridgehead atoms. The molecule has 0 amide bonds. The molecule has 0 saturated carbocycles. The van der Waals surface area contributed by atoms with E-state index >= 15 is 0 Å². The number of carboxylic acid groups (broad SMARTS) is 2. The van der Waals surface area contributed by atoms with Gasteiger partial charge < -0.3 is 19.8 Å². The molecule has 0 fully saturated rings. The molecule has 0 saturated heterocycles. The van der Waals surface area contributed by atoms with E-state index in [9.17, 15) is 19.8 Å². The predicted molar refractivity (Wildman–Crippen MR) is 69.9 cm³/mol. The molecule has 21 heavy (non-hydrogen) atoms. The first-order chi connectivity index (χ1) is 8.89. The molecule has 0 heterocycles. The first-order valence-electron chi connectivity index (χ1n) is 7.32. The summed E-state index contributed by atoms with van der Waals surface area (Å²) in [6.07, 6.45) is 7.29. The third-order valence-corrected chi connectivity index (χ3v) is 3.89. The van der Waals surface area contributed by atoms with Crippen LogP contribution in [-0.4, -0.2) is 11.9 Å². The van der Waals surface area contributed by atoms with E-state index in [2.05, 4.69) is 6.92 Å². The van der Waals surface area contributed by atoms with E-state index in [-0.39, 0.29) is 44.1 Å². The van der Waals surface area contributed by atoms with Crippen molar-refractivity contribution < 1.29 is 57.5 Å². The first-order valence-corrected chi connectivity index (χ1v) is 7.32. The minimum atomic E-state index is -1.84. The molecule has 0 aromatic carbocycles. The van der Waals surface area contributed by atoms with Crippen molar-refractivity contribution >= 4 is 11.9 Å². The van der Waals surface area contributed by atoms with E-state index < -0.39 is 23.3 Å². The minimum Gasteiger partial charge on any atom is -0.549 e. The Morgan fingerprint density at radius 1 is 0.857 bits per heavy atom. The standard InChI is InChI=1S/C15H28O4.2Li/c1-4-5-6-7-8-9-10-11-15(12(2)3,13(16)17)14(18)19;;/h12H,4-11H2,1-3H3,(H,16,17)(H,18,19);;/q;2*+1/p-2. The maximum atomic E-state index is 11.2. The Morgan fingerprint density at radius 3 is 1.57 bits per heavy atom. The molecule has 0 spiro atoms. The Hall–Kier alpha value is 0.135. The number of carbonyl (C=O) groups excluding carboxylic acids is 2. The Kier molecular flexibility index (Phi) is 17.1. The van der Waals surface area contributed by atoms with E-state index in [4.69, 9.17) is 0 Å². The van der Waals surface area contributed by atoms with Crippen molar-refractivity contribution in [2.24, 2.45) is 11.3 Å². The van der Waals surface area contributed by atoms with Gasteiger partial charge in [-0.15, -0.1) is 0 Å². The van der Waals surface area contributed by atoms with Gasteiger partial charge in [0, 0.05) is 0 Å². The SMILES string of the molecule is CCCCCCCCCC(C(=O)[O-])(C(=O)[O-])C(C)C.[Li+].[Li+]. The van der Waals surface area contributed by atoms with Gasteiger partial charge in [-0.3, -0.25) is 0 Å². The van der Waals surface area contributed by atoms with Gasteiger partial charge in [-0.1, -0.05) is 65.7 Å². The Labute approximate surface area is 152 Å². The fourth-order valence-electron chi connectivity index (χ4n) is 2.41. The summed E-state index contributed by atoms with van der Waals surface area (Å²) in [5.41, 5.74) is -1.84. The molecule has 0 aliphatic carbocycles. The van der Waals surface area contributed by atoms with Gasteiger partial charge in [-0.05, 0) is 12.3 Å². The van der Waals surface area contributed by atoms with Crippen molar-refractivity contribution in [3.05, 3.63) is 0 Å². The van der Waals surface area contributed by atoms with Gasteiger partial charge in [0.25, 0.3) is 0 Å². The second kappa shape index (κ2) is 13.8. The maximum absolute atomic E-state index is 11.2. The predicted octanol–water partition coefficient (Wildman–Crippen LogP) is -4.72. The summed E-state index contributed by atoms with van der Waals surface area (Å²) in [7, 11) is 0. The normalized spacial score (nSPS) is 10.7. The third kappa shape index (κ3) is 8.37. The van der Waals surface area contributed by atoms with Gasteiger partial charge >= 0.3 is 37.7 Å². The van der Waals surface area contributed by atoms with Crippen molar-refractivity contribution in [3.8, 4) is 0 Å². The number of carbonyl (C=O) groups is 2. The van der Waals surface area contributed by atoms with E-state index in [0.717, 1.165) is 19.3 Å². The topological polar surface area (TPSA) is 80.3 Å². The summed E-state index contributed by atoms with van der Waals surface area (Å²) in [4.78, 5) is 22.4. The van der Waals surface area contributed by atoms with Crippen LogP contribution in [0.1, 0.15) is 72.1 Å². The van der Waals surface area contributed by atoms with E-state index in [1.807, 2.05) is 0 Å². The molecule has 0 N–H and O–H groups in total. The van der Waals surface area contributed by atoms with Crippen molar-refractivity contribution in [3.63, 3.8) is 0 Å². The van der Waals surface area contributed by atoms with Crippen LogP contribution in [0.15, 0.2) is 0 Å². The van der Waals surface area contributed by atoms with Gasteiger partial charge in [0.05, 0.1) is 17.4 Å². The van der Waals surface area contributed by atoms with E-state index in [1.165, 1.54) is 19.3 Å². The van der Waals surface area contributed by atoms with Crippen LogP contribution in [0.25, 0.3) is 0 Å². The van der Waals surface area contributed by atoms with Crippen LogP contribution in [0.3, 0.4) is 0 Å². The molecule has 0 atom stereocenters. The number of rotatable bonds is 11. The average molecular weight is 284 g/mol. The summed E-state index contributed by atoms with van der Waals surface area (Å²) < 4.78 is 0. The van der Waals surface area contributed by atoms with Crippen LogP contribution in [0.4, 0.5) is 0 Å². The zero-order valence-corrected chi connectivity index (χ0v) is 14.4. The van der Waals surface area contributed by atoms with Crippen molar-refractivity contribution in [1.29, 1.82) is 0 Å². The summed E-state index contributed by atoms with van der Waals surface area (Å²) in [5.74, 6) is -3.57. The molecule has 4 nitrogen and oxygen atoms in total. The molecule has 0 unspecified atom stereocenters. The molecule has 0 aliphatic rings. The molecular weight excluding hydrogens is 258 g/mol. The molecule has 0 aliphatic heterocycles. The molecule has 0 radical (unpaired) electrons. The van der Waals surface area contributed by atoms with Crippen LogP contribution in [-0.2, 0) is 9.59 Å². The monoisotopic (exact) mass is 284 g/mol. The Morgan fingerprint density at radius 2 is 1.24 bits per heavy atom. The van der Waals surface area contributed by atoms with E-state index in [0.29, 0.717) is 6.42 Å². The van der Waals surface area contributed by atoms with Gasteiger partial charge in [-0.2, -0.15) is 0 Å². The molecule has 112 valence electrons. The second-order valence-electron chi connectivity index (χ2n) is 5.57. The van der Waals surface area contributed by atoms with Gasteiger partial charge in [0.2, 0.25) is 0 Å². The minimum absolute atomic E-state index is 0.